The zero-order valence-corrected chi connectivity index (χ0v) is 11.4. The van der Waals surface area contributed by atoms with Crippen LogP contribution in [0.2, 0.25) is 0 Å². The maximum atomic E-state index is 11.8. The minimum atomic E-state index is -1.21. The second-order valence-corrected chi connectivity index (χ2v) is 4.49. The normalized spacial score (nSPS) is 11.9. The van der Waals surface area contributed by atoms with Crippen molar-refractivity contribution in [2.45, 2.75) is 26.4 Å². The van der Waals surface area contributed by atoms with E-state index in [2.05, 4.69) is 26.2 Å². The first-order valence-electron chi connectivity index (χ1n) is 5.04. The highest BCUT2D eigenvalue weighted by Gasteiger charge is 2.20. The van der Waals surface area contributed by atoms with Gasteiger partial charge in [-0.05, 0) is 22.9 Å². The van der Waals surface area contributed by atoms with E-state index in [1.165, 1.54) is 13.3 Å². The lowest BCUT2D eigenvalue weighted by molar-refractivity contribution is -0.142. The predicted octanol–water partition coefficient (Wildman–Crippen LogP) is -0.0965. The van der Waals surface area contributed by atoms with Gasteiger partial charge in [-0.3, -0.25) is 14.2 Å². The summed E-state index contributed by atoms with van der Waals surface area (Å²) in [5.74, 6) is -1.69. The van der Waals surface area contributed by atoms with Gasteiger partial charge >= 0.3 is 5.97 Å². The van der Waals surface area contributed by atoms with E-state index in [9.17, 15) is 14.4 Å². The van der Waals surface area contributed by atoms with Crippen molar-refractivity contribution < 1.29 is 14.7 Å². The molecule has 0 saturated carbocycles. The van der Waals surface area contributed by atoms with Gasteiger partial charge in [-0.1, -0.05) is 0 Å². The molecule has 0 aliphatic rings. The topological polar surface area (TPSA) is 101 Å². The predicted molar refractivity (Wildman–Crippen MR) is 66.2 cm³/mol. The molecular formula is C10H12BrN3O4. The summed E-state index contributed by atoms with van der Waals surface area (Å²) in [5.41, 5.74) is 0.127. The van der Waals surface area contributed by atoms with Crippen LogP contribution < -0.4 is 10.9 Å². The van der Waals surface area contributed by atoms with Crippen LogP contribution in [0.1, 0.15) is 12.6 Å². The molecule has 7 nitrogen and oxygen atoms in total. The Balaban J connectivity index is 3.02. The molecule has 18 heavy (non-hydrogen) atoms. The molecule has 8 heteroatoms. The number of hydrogen-bond donors (Lipinski definition) is 2. The summed E-state index contributed by atoms with van der Waals surface area (Å²) in [5, 5.41) is 11.2. The standard InChI is InChI=1S/C10H12BrN3O4/c1-5-8(11)9(16)14(4-12-5)3-7(10(17)18)13-6(2)15/h4,7H,3H2,1-2H3,(H,13,15)(H,17,18). The van der Waals surface area contributed by atoms with Crippen LogP contribution in [0, 0.1) is 6.92 Å². The number of nitrogens with zero attached hydrogens (tertiary/aromatic N) is 2. The molecule has 1 heterocycles. The molecule has 0 aromatic carbocycles. The number of carbonyl (C=O) groups is 2. The van der Waals surface area contributed by atoms with Crippen LogP contribution in [0.25, 0.3) is 0 Å². The molecule has 98 valence electrons. The van der Waals surface area contributed by atoms with Crippen molar-refractivity contribution in [3.63, 3.8) is 0 Å². The molecule has 0 fully saturated rings. The van der Waals surface area contributed by atoms with Crippen molar-refractivity contribution in [2.24, 2.45) is 0 Å². The van der Waals surface area contributed by atoms with Crippen molar-refractivity contribution in [1.29, 1.82) is 0 Å². The zero-order chi connectivity index (χ0) is 13.9. The fraction of sp³-hybridized carbons (Fsp3) is 0.400. The molecular weight excluding hydrogens is 306 g/mol. The summed E-state index contributed by atoms with van der Waals surface area (Å²) in [6.07, 6.45) is 1.25. The van der Waals surface area contributed by atoms with Gasteiger partial charge in [0.1, 0.15) is 10.5 Å². The summed E-state index contributed by atoms with van der Waals surface area (Å²) in [6.45, 7) is 2.68. The van der Waals surface area contributed by atoms with Crippen molar-refractivity contribution in [3.8, 4) is 0 Å². The Bertz CT molecular complexity index is 540. The molecule has 0 spiro atoms. The fourth-order valence-electron chi connectivity index (χ4n) is 1.30. The van der Waals surface area contributed by atoms with Crippen LogP contribution in [-0.2, 0) is 16.1 Å². The monoisotopic (exact) mass is 317 g/mol. The lowest BCUT2D eigenvalue weighted by Gasteiger charge is -2.14. The quantitative estimate of drug-likeness (QED) is 0.807. The van der Waals surface area contributed by atoms with E-state index < -0.39 is 17.9 Å². The molecule has 1 rings (SSSR count). The fourth-order valence-corrected chi connectivity index (χ4v) is 1.63. The SMILES string of the molecule is CC(=O)NC(Cn1cnc(C)c(Br)c1=O)C(=O)O. The second-order valence-electron chi connectivity index (χ2n) is 3.69. The third-order valence-electron chi connectivity index (χ3n) is 2.21. The third kappa shape index (κ3) is 3.39. The van der Waals surface area contributed by atoms with Crippen LogP contribution in [0.5, 0.6) is 0 Å². The van der Waals surface area contributed by atoms with Gasteiger partial charge in [0.2, 0.25) is 5.91 Å². The highest BCUT2D eigenvalue weighted by Crippen LogP contribution is 2.06. The van der Waals surface area contributed by atoms with E-state index in [-0.39, 0.29) is 16.6 Å². The minimum absolute atomic E-state index is 0.181. The van der Waals surface area contributed by atoms with E-state index in [0.29, 0.717) is 5.69 Å². The summed E-state index contributed by atoms with van der Waals surface area (Å²) in [7, 11) is 0. The van der Waals surface area contributed by atoms with Crippen molar-refractivity contribution in [1.82, 2.24) is 14.9 Å². The van der Waals surface area contributed by atoms with Gasteiger partial charge < -0.3 is 10.4 Å². The largest absolute Gasteiger partial charge is 0.480 e. The van der Waals surface area contributed by atoms with Gasteiger partial charge in [-0.15, -0.1) is 0 Å². The molecule has 1 unspecified atom stereocenters. The number of carbonyl (C=O) groups excluding carboxylic acids is 1. The van der Waals surface area contributed by atoms with Gasteiger partial charge in [-0.2, -0.15) is 0 Å². The van der Waals surface area contributed by atoms with Gasteiger partial charge in [-0.25, -0.2) is 9.78 Å². The van der Waals surface area contributed by atoms with Crippen molar-refractivity contribution >= 4 is 27.8 Å². The molecule has 1 atom stereocenters. The number of aryl methyl sites for hydroxylation is 1. The summed E-state index contributed by atoms with van der Waals surface area (Å²) < 4.78 is 1.41. The van der Waals surface area contributed by atoms with E-state index in [0.717, 1.165) is 4.57 Å². The van der Waals surface area contributed by atoms with Gasteiger partial charge in [0.25, 0.3) is 5.56 Å². The van der Waals surface area contributed by atoms with Crippen LogP contribution in [0.3, 0.4) is 0 Å². The lowest BCUT2D eigenvalue weighted by atomic mass is 10.3. The Kier molecular flexibility index (Phi) is 4.60. The zero-order valence-electron chi connectivity index (χ0n) is 9.81. The number of carboxylic acid groups (broad SMARTS) is 1. The molecule has 0 bridgehead atoms. The lowest BCUT2D eigenvalue weighted by Crippen LogP contribution is -2.44. The number of rotatable bonds is 4. The van der Waals surface area contributed by atoms with Gasteiger partial charge in [0, 0.05) is 6.92 Å². The minimum Gasteiger partial charge on any atom is -0.480 e. The Morgan fingerprint density at radius 1 is 1.61 bits per heavy atom. The number of aromatic nitrogens is 2. The first-order chi connectivity index (χ1) is 8.32. The first kappa shape index (κ1) is 14.4. The average molecular weight is 318 g/mol. The van der Waals surface area contributed by atoms with E-state index in [4.69, 9.17) is 5.11 Å². The van der Waals surface area contributed by atoms with Gasteiger partial charge in [0.15, 0.2) is 0 Å². The Hall–Kier alpha value is -1.70. The van der Waals surface area contributed by atoms with Crippen LogP contribution in [0.4, 0.5) is 0 Å². The number of hydrogen-bond acceptors (Lipinski definition) is 4. The van der Waals surface area contributed by atoms with E-state index in [1.54, 1.807) is 6.92 Å². The van der Waals surface area contributed by atoms with Crippen molar-refractivity contribution in [3.05, 3.63) is 26.8 Å². The number of halogens is 1. The molecule has 1 aromatic rings. The molecule has 0 aliphatic carbocycles. The van der Waals surface area contributed by atoms with Crippen LogP contribution in [0.15, 0.2) is 15.6 Å². The molecule has 0 aliphatic heterocycles. The van der Waals surface area contributed by atoms with E-state index in [1.807, 2.05) is 0 Å². The highest BCUT2D eigenvalue weighted by atomic mass is 79.9. The number of nitrogens with one attached hydrogen (secondary N) is 1. The van der Waals surface area contributed by atoms with Crippen molar-refractivity contribution in [2.75, 3.05) is 0 Å². The molecule has 0 radical (unpaired) electrons. The summed E-state index contributed by atoms with van der Waals surface area (Å²) in [4.78, 5) is 37.6. The molecule has 1 amide bonds. The number of amides is 1. The van der Waals surface area contributed by atoms with Gasteiger partial charge in [0.05, 0.1) is 18.6 Å². The smallest absolute Gasteiger partial charge is 0.328 e. The van der Waals surface area contributed by atoms with Crippen LogP contribution >= 0.6 is 15.9 Å². The number of aliphatic carboxylic acids is 1. The third-order valence-corrected chi connectivity index (χ3v) is 3.12. The van der Waals surface area contributed by atoms with Crippen LogP contribution in [-0.4, -0.2) is 32.6 Å². The number of carboxylic acids is 1. The molecule has 1 aromatic heterocycles. The summed E-state index contributed by atoms with van der Waals surface area (Å²) in [6, 6.07) is -1.17. The maximum Gasteiger partial charge on any atom is 0.328 e. The summed E-state index contributed by atoms with van der Waals surface area (Å²) >= 11 is 3.08. The second kappa shape index (κ2) is 5.76. The highest BCUT2D eigenvalue weighted by molar-refractivity contribution is 9.10. The molecule has 0 saturated heterocycles. The maximum absolute atomic E-state index is 11.8. The molecule has 2 N–H and O–H groups in total. The first-order valence-corrected chi connectivity index (χ1v) is 5.83. The Morgan fingerprint density at radius 2 is 2.22 bits per heavy atom. The van der Waals surface area contributed by atoms with E-state index >= 15 is 0 Å². The average Bonchev–Trinajstić information content (AvgIpc) is 2.28. The Labute approximate surface area is 111 Å². The Morgan fingerprint density at radius 3 is 2.72 bits per heavy atom.